The molecule has 0 spiro atoms. The van der Waals surface area contributed by atoms with Crippen LogP contribution in [0.25, 0.3) is 0 Å². The molecule has 2 aliphatic rings. The van der Waals surface area contributed by atoms with Gasteiger partial charge in [0.25, 0.3) is 0 Å². The predicted octanol–water partition coefficient (Wildman–Crippen LogP) is 2.58. The van der Waals surface area contributed by atoms with E-state index in [0.29, 0.717) is 18.0 Å². The van der Waals surface area contributed by atoms with Gasteiger partial charge < -0.3 is 10.0 Å². The quantitative estimate of drug-likeness (QED) is 0.582. The van der Waals surface area contributed by atoms with E-state index in [2.05, 4.69) is 11.1 Å². The van der Waals surface area contributed by atoms with Gasteiger partial charge in [0.15, 0.2) is 0 Å². The van der Waals surface area contributed by atoms with Crippen molar-refractivity contribution in [2.75, 3.05) is 23.8 Å². The number of hydrogen-bond acceptors (Lipinski definition) is 5. The monoisotopic (exact) mass is 413 g/mol. The van der Waals surface area contributed by atoms with Gasteiger partial charge in [-0.05, 0) is 56.6 Å². The molecule has 154 valence electrons. The lowest BCUT2D eigenvalue weighted by Crippen LogP contribution is -2.37. The van der Waals surface area contributed by atoms with Crippen molar-refractivity contribution >= 4 is 23.4 Å². The van der Waals surface area contributed by atoms with Gasteiger partial charge in [-0.2, -0.15) is 4.98 Å². The molecule has 29 heavy (non-hydrogen) atoms. The minimum atomic E-state index is -0.266. The Morgan fingerprint density at radius 2 is 1.97 bits per heavy atom. The Balaban J connectivity index is 1.54. The number of benzene rings is 1. The summed E-state index contributed by atoms with van der Waals surface area (Å²) in [5.41, 5.74) is 4.13. The standard InChI is InChI=1S/C22H27N3O3S/c26-14-6-13-25-19-11-4-2-9-17(19)21(23-22(25)28)29-15-20(27)24-12-5-8-16-7-1-3-10-18(16)24/h1,3,7,10,26H,2,4-6,8-9,11-15H2. The normalized spacial score (nSPS) is 15.7. The topological polar surface area (TPSA) is 75.4 Å². The summed E-state index contributed by atoms with van der Waals surface area (Å²) < 4.78 is 1.72. The van der Waals surface area contributed by atoms with Crippen molar-refractivity contribution in [2.45, 2.75) is 56.5 Å². The summed E-state index contributed by atoms with van der Waals surface area (Å²) in [4.78, 5) is 31.7. The highest BCUT2D eigenvalue weighted by molar-refractivity contribution is 8.00. The largest absolute Gasteiger partial charge is 0.396 e. The van der Waals surface area contributed by atoms with Crippen LogP contribution in [0.15, 0.2) is 34.1 Å². The van der Waals surface area contributed by atoms with Gasteiger partial charge >= 0.3 is 5.69 Å². The maximum absolute atomic E-state index is 13.0. The molecule has 1 aliphatic heterocycles. The number of rotatable bonds is 6. The number of anilines is 1. The molecule has 6 nitrogen and oxygen atoms in total. The fraction of sp³-hybridized carbons (Fsp3) is 0.500. The second kappa shape index (κ2) is 9.13. The lowest BCUT2D eigenvalue weighted by Gasteiger charge is -2.29. The first-order valence-electron chi connectivity index (χ1n) is 10.4. The summed E-state index contributed by atoms with van der Waals surface area (Å²) in [6.45, 7) is 1.30. The van der Waals surface area contributed by atoms with E-state index in [4.69, 9.17) is 5.11 Å². The molecule has 0 radical (unpaired) electrons. The fourth-order valence-corrected chi connectivity index (χ4v) is 5.28. The molecule has 0 saturated heterocycles. The Morgan fingerprint density at radius 1 is 1.14 bits per heavy atom. The summed E-state index contributed by atoms with van der Waals surface area (Å²) in [5, 5.41) is 9.85. The van der Waals surface area contributed by atoms with Crippen LogP contribution in [0, 0.1) is 0 Å². The minimum absolute atomic E-state index is 0.0591. The van der Waals surface area contributed by atoms with Crippen molar-refractivity contribution in [3.8, 4) is 0 Å². The van der Waals surface area contributed by atoms with Gasteiger partial charge in [-0.1, -0.05) is 30.0 Å². The number of carbonyl (C=O) groups is 1. The number of aryl methyl sites for hydroxylation is 1. The summed E-state index contributed by atoms with van der Waals surface area (Å²) in [7, 11) is 0. The summed E-state index contributed by atoms with van der Waals surface area (Å²) in [6, 6.07) is 8.09. The van der Waals surface area contributed by atoms with Crippen LogP contribution in [0.2, 0.25) is 0 Å². The average molecular weight is 414 g/mol. The second-order valence-electron chi connectivity index (χ2n) is 7.63. The Kier molecular flexibility index (Phi) is 6.35. The van der Waals surface area contributed by atoms with Crippen LogP contribution in [0.3, 0.4) is 0 Å². The zero-order valence-electron chi connectivity index (χ0n) is 16.6. The molecule has 0 bridgehead atoms. The van der Waals surface area contributed by atoms with Crippen molar-refractivity contribution in [3.63, 3.8) is 0 Å². The van der Waals surface area contributed by atoms with Crippen molar-refractivity contribution in [2.24, 2.45) is 0 Å². The van der Waals surface area contributed by atoms with E-state index >= 15 is 0 Å². The number of aliphatic hydroxyl groups excluding tert-OH is 1. The number of thioether (sulfide) groups is 1. The molecular weight excluding hydrogens is 386 g/mol. The van der Waals surface area contributed by atoms with Crippen molar-refractivity contribution in [1.82, 2.24) is 9.55 Å². The molecule has 0 atom stereocenters. The summed E-state index contributed by atoms with van der Waals surface area (Å²) >= 11 is 1.39. The van der Waals surface area contributed by atoms with Crippen LogP contribution in [0.5, 0.6) is 0 Å². The molecule has 0 saturated carbocycles. The van der Waals surface area contributed by atoms with Crippen molar-refractivity contribution in [3.05, 3.63) is 51.6 Å². The first kappa shape index (κ1) is 20.2. The van der Waals surface area contributed by atoms with Crippen molar-refractivity contribution < 1.29 is 9.90 Å². The number of para-hydroxylation sites is 1. The summed E-state index contributed by atoms with van der Waals surface area (Å²) in [5.74, 6) is 0.353. The third-order valence-electron chi connectivity index (χ3n) is 5.73. The van der Waals surface area contributed by atoms with E-state index in [9.17, 15) is 9.59 Å². The third-order valence-corrected chi connectivity index (χ3v) is 6.74. The van der Waals surface area contributed by atoms with Gasteiger partial charge in [-0.25, -0.2) is 4.79 Å². The number of aromatic nitrogens is 2. The number of hydrogen-bond donors (Lipinski definition) is 1. The predicted molar refractivity (Wildman–Crippen MR) is 115 cm³/mol. The van der Waals surface area contributed by atoms with E-state index in [-0.39, 0.29) is 24.0 Å². The van der Waals surface area contributed by atoms with Gasteiger partial charge in [0.1, 0.15) is 5.03 Å². The highest BCUT2D eigenvalue weighted by Gasteiger charge is 2.24. The second-order valence-corrected chi connectivity index (χ2v) is 8.59. The first-order chi connectivity index (χ1) is 14.2. The maximum Gasteiger partial charge on any atom is 0.348 e. The molecule has 4 rings (SSSR count). The van der Waals surface area contributed by atoms with Crippen LogP contribution in [0.4, 0.5) is 5.69 Å². The molecule has 1 amide bonds. The number of carbonyl (C=O) groups excluding carboxylic acids is 1. The van der Waals surface area contributed by atoms with Crippen LogP contribution in [-0.4, -0.2) is 39.5 Å². The van der Waals surface area contributed by atoms with E-state index < -0.39 is 0 Å². The first-order valence-corrected chi connectivity index (χ1v) is 11.4. The molecule has 1 N–H and O–H groups in total. The third kappa shape index (κ3) is 4.26. The lowest BCUT2D eigenvalue weighted by molar-refractivity contribution is -0.116. The van der Waals surface area contributed by atoms with E-state index in [1.807, 2.05) is 23.1 Å². The van der Waals surface area contributed by atoms with E-state index in [1.165, 1.54) is 17.3 Å². The zero-order chi connectivity index (χ0) is 20.2. The lowest BCUT2D eigenvalue weighted by atomic mass is 9.97. The van der Waals surface area contributed by atoms with Crippen molar-refractivity contribution in [1.29, 1.82) is 0 Å². The van der Waals surface area contributed by atoms with Crippen LogP contribution < -0.4 is 10.6 Å². The van der Waals surface area contributed by atoms with E-state index in [1.54, 1.807) is 4.57 Å². The molecule has 1 aliphatic carbocycles. The smallest absolute Gasteiger partial charge is 0.348 e. The SMILES string of the molecule is O=C(CSc1nc(=O)n(CCCO)c2c1CCCC2)N1CCCc2ccccc21. The zero-order valence-corrected chi connectivity index (χ0v) is 17.4. The fourth-order valence-electron chi connectivity index (χ4n) is 4.33. The molecule has 7 heteroatoms. The maximum atomic E-state index is 13.0. The number of fused-ring (bicyclic) bond motifs is 2. The molecule has 2 heterocycles. The number of aliphatic hydroxyl groups is 1. The molecule has 1 aromatic carbocycles. The minimum Gasteiger partial charge on any atom is -0.396 e. The van der Waals surface area contributed by atoms with Crippen LogP contribution >= 0.6 is 11.8 Å². The molecule has 1 aromatic heterocycles. The van der Waals surface area contributed by atoms with Gasteiger partial charge in [0.2, 0.25) is 5.91 Å². The Labute approximate surface area is 175 Å². The highest BCUT2D eigenvalue weighted by Crippen LogP contribution is 2.31. The molecule has 2 aromatic rings. The van der Waals surface area contributed by atoms with Crippen LogP contribution in [0.1, 0.15) is 42.5 Å². The van der Waals surface area contributed by atoms with Gasteiger partial charge in [-0.15, -0.1) is 0 Å². The highest BCUT2D eigenvalue weighted by atomic mass is 32.2. The summed E-state index contributed by atoms with van der Waals surface area (Å²) in [6.07, 6.45) is 6.42. The van der Waals surface area contributed by atoms with Crippen LogP contribution in [-0.2, 0) is 30.6 Å². The molecular formula is C22H27N3O3S. The number of nitrogens with zero attached hydrogens (tertiary/aromatic N) is 3. The van der Waals surface area contributed by atoms with Gasteiger partial charge in [0.05, 0.1) is 5.75 Å². The molecule has 0 unspecified atom stereocenters. The Bertz CT molecular complexity index is 957. The van der Waals surface area contributed by atoms with E-state index in [0.717, 1.165) is 62.0 Å². The Morgan fingerprint density at radius 3 is 2.83 bits per heavy atom. The average Bonchev–Trinajstić information content (AvgIpc) is 2.76. The molecule has 0 fully saturated rings. The van der Waals surface area contributed by atoms with Gasteiger partial charge in [0, 0.05) is 36.6 Å². The van der Waals surface area contributed by atoms with Gasteiger partial charge in [-0.3, -0.25) is 9.36 Å². The Hall–Kier alpha value is -2.12. The number of amides is 1.